The van der Waals surface area contributed by atoms with Gasteiger partial charge in [-0.05, 0) is 0 Å². The van der Waals surface area contributed by atoms with E-state index in [9.17, 15) is 32.7 Å². The van der Waals surface area contributed by atoms with Crippen molar-refractivity contribution in [2.24, 2.45) is 5.16 Å². The molecule has 2 aliphatic rings. The van der Waals surface area contributed by atoms with E-state index in [0.29, 0.717) is 17.1 Å². The number of nitrogen functional groups attached to an aromatic ring is 1. The minimum Gasteiger partial charge on any atom is -0.543 e. The molecule has 1 saturated heterocycles. The summed E-state index contributed by atoms with van der Waals surface area (Å²) in [7, 11) is 0. The molecule has 0 aliphatic carbocycles. The van der Waals surface area contributed by atoms with Crippen molar-refractivity contribution < 1.29 is 42.1 Å². The number of amides is 2. The molecule has 4 rings (SSSR count). The Kier molecular flexibility index (Phi) is 7.11. The zero-order chi connectivity index (χ0) is 26.0. The molecule has 2 atom stereocenters. The number of aromatic nitrogens is 3. The number of β-lactam (4-membered cyclic amide) rings is 1. The van der Waals surface area contributed by atoms with E-state index in [4.69, 9.17) is 5.73 Å². The van der Waals surface area contributed by atoms with E-state index in [1.807, 2.05) is 0 Å². The van der Waals surface area contributed by atoms with Gasteiger partial charge in [-0.15, -0.1) is 11.8 Å². The Morgan fingerprint density at radius 3 is 2.67 bits per heavy atom. The molecule has 190 valence electrons. The van der Waals surface area contributed by atoms with Crippen molar-refractivity contribution in [2.45, 2.75) is 24.1 Å². The molecule has 2 aromatic heterocycles. The second kappa shape index (κ2) is 10.1. The first-order chi connectivity index (χ1) is 17.0. The van der Waals surface area contributed by atoms with E-state index in [2.05, 4.69) is 24.7 Å². The lowest BCUT2D eigenvalue weighted by molar-refractivity contribution is -0.689. The predicted molar refractivity (Wildman–Crippen MR) is 117 cm³/mol. The molecule has 1 unspecified atom stereocenters. The minimum atomic E-state index is -4.72. The number of nitrogens with two attached hydrogens (primary N) is 1. The summed E-state index contributed by atoms with van der Waals surface area (Å²) in [4.78, 5) is 46.5. The fraction of sp³-hybridized carbons (Fsp3) is 0.316. The Bertz CT molecular complexity index is 1250. The van der Waals surface area contributed by atoms with E-state index in [-0.39, 0.29) is 23.1 Å². The normalized spacial score (nSPS) is 20.0. The van der Waals surface area contributed by atoms with Gasteiger partial charge in [0.1, 0.15) is 11.4 Å². The fourth-order valence-electron chi connectivity index (χ4n) is 3.45. The molecule has 17 heteroatoms. The van der Waals surface area contributed by atoms with Crippen LogP contribution in [0.15, 0.2) is 47.0 Å². The van der Waals surface area contributed by atoms with Gasteiger partial charge >= 0.3 is 6.18 Å². The van der Waals surface area contributed by atoms with Crippen LogP contribution >= 0.6 is 23.3 Å². The van der Waals surface area contributed by atoms with Crippen molar-refractivity contribution in [1.29, 1.82) is 0 Å². The first-order valence-electron chi connectivity index (χ1n) is 10.0. The molecule has 2 aliphatic heterocycles. The molecule has 0 spiro atoms. The largest absolute Gasteiger partial charge is 0.543 e. The quantitative estimate of drug-likeness (QED) is 0.180. The summed E-state index contributed by atoms with van der Waals surface area (Å²) in [6, 6.07) is 4.14. The van der Waals surface area contributed by atoms with Crippen LogP contribution in [0.3, 0.4) is 0 Å². The Morgan fingerprint density at radius 1 is 1.33 bits per heavy atom. The number of rotatable bonds is 8. The molecule has 3 N–H and O–H groups in total. The second-order valence-corrected chi connectivity index (χ2v) is 9.32. The summed E-state index contributed by atoms with van der Waals surface area (Å²) in [5, 5.41) is 16.6. The molecule has 4 heterocycles. The monoisotopic (exact) mass is 543 g/mol. The Morgan fingerprint density at radius 2 is 2.06 bits per heavy atom. The number of pyridine rings is 1. The summed E-state index contributed by atoms with van der Waals surface area (Å²) >= 11 is 1.88. The number of carbonyl (C=O) groups excluding carboxylic acids is 3. The van der Waals surface area contributed by atoms with Gasteiger partial charge in [0.15, 0.2) is 24.1 Å². The molecule has 0 radical (unpaired) electrons. The molecule has 0 saturated carbocycles. The third-order valence-corrected chi connectivity index (χ3v) is 6.81. The molecule has 0 bridgehead atoms. The predicted octanol–water partition coefficient (Wildman–Crippen LogP) is -1.21. The van der Waals surface area contributed by atoms with E-state index < -0.39 is 53.5 Å². The highest BCUT2D eigenvalue weighted by molar-refractivity contribution is 8.00. The molecule has 2 amide bonds. The molecule has 2 aromatic rings. The smallest absolute Gasteiger partial charge is 0.425 e. The van der Waals surface area contributed by atoms with Crippen molar-refractivity contribution in [2.75, 3.05) is 18.1 Å². The first-order valence-corrected chi connectivity index (χ1v) is 11.9. The van der Waals surface area contributed by atoms with Crippen molar-refractivity contribution in [3.8, 4) is 0 Å². The van der Waals surface area contributed by atoms with E-state index in [1.54, 1.807) is 35.2 Å². The first kappa shape index (κ1) is 25.4. The lowest BCUT2D eigenvalue weighted by atomic mass is 10.0. The van der Waals surface area contributed by atoms with Gasteiger partial charge in [-0.1, -0.05) is 11.2 Å². The maximum Gasteiger partial charge on any atom is 0.425 e. The molecular weight excluding hydrogens is 527 g/mol. The highest BCUT2D eigenvalue weighted by Gasteiger charge is 2.53. The number of alkyl halides is 3. The standard InChI is InChI=1S/C19H16F3N7O5S2/c20-19(21,22)8-34-26-10(13-25-18(23)36-27-13)14(30)24-11-15(31)29-12(17(32)33)9(7-35-16(11)29)6-28-4-2-1-3-5-28/h1-5,11,16H,6-8H2,(H3-,23,24,25,27,30,32,33)/b26-10+/t11?,16-/m1/s1. The summed E-state index contributed by atoms with van der Waals surface area (Å²) < 4.78 is 42.8. The van der Waals surface area contributed by atoms with Gasteiger partial charge in [0, 0.05) is 35.0 Å². The van der Waals surface area contributed by atoms with Crippen LogP contribution in [-0.4, -0.2) is 67.7 Å². The topological polar surface area (TPSA) is 167 Å². The number of hydrogen-bond acceptors (Lipinski definition) is 11. The van der Waals surface area contributed by atoms with Gasteiger partial charge in [0.2, 0.25) is 18.1 Å². The third kappa shape index (κ3) is 5.40. The van der Waals surface area contributed by atoms with Crippen molar-refractivity contribution in [1.82, 2.24) is 19.6 Å². The van der Waals surface area contributed by atoms with Crippen molar-refractivity contribution >= 4 is 51.9 Å². The number of fused-ring (bicyclic) bond motifs is 1. The van der Waals surface area contributed by atoms with Crippen LogP contribution < -0.4 is 20.7 Å². The number of nitrogens with zero attached hydrogens (tertiary/aromatic N) is 5. The maximum absolute atomic E-state index is 12.8. The van der Waals surface area contributed by atoms with Crippen LogP contribution in [-0.2, 0) is 25.8 Å². The molecule has 1 fully saturated rings. The number of nitrogens with one attached hydrogen (secondary N) is 1. The molecule has 36 heavy (non-hydrogen) atoms. The van der Waals surface area contributed by atoms with Gasteiger partial charge in [0.25, 0.3) is 11.8 Å². The average molecular weight is 544 g/mol. The van der Waals surface area contributed by atoms with Gasteiger partial charge in [0.05, 0.1) is 11.7 Å². The highest BCUT2D eigenvalue weighted by atomic mass is 32.2. The lowest BCUT2D eigenvalue weighted by Gasteiger charge is -2.50. The second-order valence-electron chi connectivity index (χ2n) is 7.43. The lowest BCUT2D eigenvalue weighted by Crippen LogP contribution is -2.71. The van der Waals surface area contributed by atoms with Crippen LogP contribution in [0.5, 0.6) is 0 Å². The summed E-state index contributed by atoms with van der Waals surface area (Å²) in [5.41, 5.74) is 4.90. The zero-order valence-electron chi connectivity index (χ0n) is 18.0. The number of thioether (sulfide) groups is 1. The Labute approximate surface area is 208 Å². The average Bonchev–Trinajstić information content (AvgIpc) is 3.25. The SMILES string of the molecule is Nc1nc(/C(=N\OCC(F)(F)F)C(=O)NC2C(=O)N3C(C(=O)[O-])=C(C[n+]4ccccc4)CS[C@H]23)ns1. The van der Waals surface area contributed by atoms with E-state index >= 15 is 0 Å². The number of carboxylic acids is 1. The van der Waals surface area contributed by atoms with Gasteiger partial charge in [-0.25, -0.2) is 4.57 Å². The zero-order valence-corrected chi connectivity index (χ0v) is 19.6. The van der Waals surface area contributed by atoms with Crippen LogP contribution in [0.25, 0.3) is 0 Å². The van der Waals surface area contributed by atoms with E-state index in [1.165, 1.54) is 11.8 Å². The summed E-state index contributed by atoms with van der Waals surface area (Å²) in [6.45, 7) is -1.57. The maximum atomic E-state index is 12.8. The minimum absolute atomic E-state index is 0.0809. The summed E-state index contributed by atoms with van der Waals surface area (Å²) in [5.74, 6) is -3.55. The van der Waals surface area contributed by atoms with Crippen molar-refractivity contribution in [3.63, 3.8) is 0 Å². The molecule has 0 aromatic carbocycles. The van der Waals surface area contributed by atoms with Gasteiger partial charge in [-0.2, -0.15) is 22.5 Å². The number of aliphatic carboxylic acids is 1. The number of halogens is 3. The number of oxime groups is 1. The van der Waals surface area contributed by atoms with Crippen LogP contribution in [0.2, 0.25) is 0 Å². The fourth-order valence-corrected chi connectivity index (χ4v) is 5.22. The van der Waals surface area contributed by atoms with Crippen molar-refractivity contribution in [3.05, 3.63) is 47.7 Å². The third-order valence-electron chi connectivity index (χ3n) is 4.93. The highest BCUT2D eigenvalue weighted by Crippen LogP contribution is 2.40. The number of anilines is 1. The molecule has 12 nitrogen and oxygen atoms in total. The number of carbonyl (C=O) groups is 3. The van der Waals surface area contributed by atoms with Crippen LogP contribution in [0, 0.1) is 0 Å². The van der Waals surface area contributed by atoms with Gasteiger partial charge < -0.3 is 25.8 Å². The Balaban J connectivity index is 1.52. The molecular formula is C19H16F3N7O5S2. The van der Waals surface area contributed by atoms with Crippen LogP contribution in [0.1, 0.15) is 5.82 Å². The summed E-state index contributed by atoms with van der Waals surface area (Å²) in [6.07, 6.45) is -1.25. The van der Waals surface area contributed by atoms with Crippen LogP contribution in [0.4, 0.5) is 18.3 Å². The van der Waals surface area contributed by atoms with E-state index in [0.717, 1.165) is 4.90 Å². The number of hydrogen-bond donors (Lipinski definition) is 2. The van der Waals surface area contributed by atoms with Gasteiger partial charge in [-0.3, -0.25) is 14.5 Å². The Hall–Kier alpha value is -3.73. The number of carboxylic acid groups (broad SMARTS) is 1.